The van der Waals surface area contributed by atoms with Gasteiger partial charge >= 0.3 is 0 Å². The van der Waals surface area contributed by atoms with Gasteiger partial charge < -0.3 is 4.79 Å². The fraction of sp³-hybridized carbons (Fsp3) is 0.300. The first-order valence-corrected chi connectivity index (χ1v) is 9.86. The second-order valence-corrected chi connectivity index (χ2v) is 8.25. The van der Waals surface area contributed by atoms with E-state index in [0.29, 0.717) is 30.1 Å². The number of hydrogen-bond donors (Lipinski definition) is 0. The molecule has 5 nitrogen and oxygen atoms in total. The molecule has 1 aliphatic carbocycles. The van der Waals surface area contributed by atoms with Gasteiger partial charge in [-0.3, -0.25) is 4.99 Å². The summed E-state index contributed by atoms with van der Waals surface area (Å²) in [6, 6.07) is 3.39. The Labute approximate surface area is 163 Å². The number of aryl methyl sites for hydroxylation is 1. The second kappa shape index (κ2) is 6.13. The number of halogens is 2. The lowest BCUT2D eigenvalue weighted by Gasteiger charge is -2.12. The lowest BCUT2D eigenvalue weighted by Crippen LogP contribution is -2.13. The Bertz CT molecular complexity index is 1140. The van der Waals surface area contributed by atoms with Crippen LogP contribution >= 0.6 is 11.3 Å². The zero-order valence-electron chi connectivity index (χ0n) is 15.2. The number of aldehydes is 1. The first kappa shape index (κ1) is 17.4. The molecule has 1 unspecified atom stereocenters. The Kier molecular flexibility index (Phi) is 3.80. The molecule has 0 amide bonds. The molecule has 3 aromatic rings. The fourth-order valence-corrected chi connectivity index (χ4v) is 5.40. The van der Waals surface area contributed by atoms with Crippen LogP contribution in [0.4, 0.5) is 8.78 Å². The van der Waals surface area contributed by atoms with Gasteiger partial charge in [0.15, 0.2) is 5.82 Å². The molecule has 142 valence electrons. The molecule has 0 saturated heterocycles. The molecule has 3 heterocycles. The largest absolute Gasteiger partial charge is 0.303 e. The standard InChI is InChI=1S/C20H16F2N4OS/c1-9-19-24-10(2)25-26(19)20-16(12-6-11(8-27)7-15(12)28-20)18(23-9)17-13(21)4-3-5-14(17)22/h3-5,8-9,11H,6-7H2,1-2H3/t9-,11?/m0/s1. The molecule has 1 aromatic carbocycles. The van der Waals surface area contributed by atoms with Crippen LogP contribution in [0.3, 0.4) is 0 Å². The summed E-state index contributed by atoms with van der Waals surface area (Å²) in [5.41, 5.74) is 1.73. The average Bonchev–Trinajstić information content (AvgIpc) is 3.30. The second-order valence-electron chi connectivity index (χ2n) is 7.17. The fourth-order valence-electron chi connectivity index (χ4n) is 4.02. The van der Waals surface area contributed by atoms with Crippen LogP contribution in [0.2, 0.25) is 0 Å². The van der Waals surface area contributed by atoms with Gasteiger partial charge in [0.2, 0.25) is 0 Å². The molecule has 8 heteroatoms. The van der Waals surface area contributed by atoms with Gasteiger partial charge in [0, 0.05) is 16.4 Å². The topological polar surface area (TPSA) is 60.1 Å². The molecule has 0 spiro atoms. The Hall–Kier alpha value is -2.74. The predicted octanol–water partition coefficient (Wildman–Crippen LogP) is 3.74. The first-order chi connectivity index (χ1) is 13.5. The Balaban J connectivity index is 1.84. The first-order valence-electron chi connectivity index (χ1n) is 9.04. The van der Waals surface area contributed by atoms with Gasteiger partial charge in [-0.2, -0.15) is 5.10 Å². The van der Waals surface area contributed by atoms with Gasteiger partial charge in [-0.25, -0.2) is 18.4 Å². The number of rotatable bonds is 2. The van der Waals surface area contributed by atoms with Crippen LogP contribution in [0.25, 0.3) is 5.00 Å². The van der Waals surface area contributed by atoms with Crippen molar-refractivity contribution in [2.24, 2.45) is 10.9 Å². The highest BCUT2D eigenvalue weighted by atomic mass is 32.1. The summed E-state index contributed by atoms with van der Waals surface area (Å²) >= 11 is 1.50. The lowest BCUT2D eigenvalue weighted by molar-refractivity contribution is -0.110. The monoisotopic (exact) mass is 398 g/mol. The van der Waals surface area contributed by atoms with Crippen LogP contribution in [0, 0.1) is 24.5 Å². The Morgan fingerprint density at radius 1 is 1.21 bits per heavy atom. The van der Waals surface area contributed by atoms with Crippen molar-refractivity contribution in [2.75, 3.05) is 0 Å². The van der Waals surface area contributed by atoms with E-state index in [1.54, 1.807) is 11.6 Å². The number of carbonyl (C=O) groups is 1. The number of fused-ring (bicyclic) bond motifs is 5. The summed E-state index contributed by atoms with van der Waals surface area (Å²) in [5, 5.41) is 5.27. The van der Waals surface area contributed by atoms with Crippen molar-refractivity contribution in [1.82, 2.24) is 14.8 Å². The molecule has 2 aliphatic rings. The van der Waals surface area contributed by atoms with Gasteiger partial charge in [-0.1, -0.05) is 6.07 Å². The third-order valence-electron chi connectivity index (χ3n) is 5.24. The van der Waals surface area contributed by atoms with E-state index in [9.17, 15) is 13.6 Å². The summed E-state index contributed by atoms with van der Waals surface area (Å²) in [7, 11) is 0. The van der Waals surface area contributed by atoms with E-state index in [1.807, 2.05) is 6.92 Å². The minimum atomic E-state index is -0.662. The SMILES string of the molecule is Cc1nc2n(n1)-c1sc3c(c1C(c1c(F)cccc1F)=N[C@H]2C)CC(C=O)C3. The molecule has 0 bridgehead atoms. The van der Waals surface area contributed by atoms with Crippen molar-refractivity contribution in [3.05, 3.63) is 63.0 Å². The molecule has 0 N–H and O–H groups in total. The Morgan fingerprint density at radius 2 is 1.96 bits per heavy atom. The Morgan fingerprint density at radius 3 is 2.68 bits per heavy atom. The minimum Gasteiger partial charge on any atom is -0.303 e. The molecule has 0 saturated carbocycles. The summed E-state index contributed by atoms with van der Waals surface area (Å²) in [6.07, 6.45) is 2.11. The van der Waals surface area contributed by atoms with Gasteiger partial charge in [0.25, 0.3) is 0 Å². The number of aliphatic imine (C=N–C) groups is 1. The smallest absolute Gasteiger partial charge is 0.157 e. The zero-order chi connectivity index (χ0) is 19.6. The van der Waals surface area contributed by atoms with Gasteiger partial charge in [-0.15, -0.1) is 11.3 Å². The van der Waals surface area contributed by atoms with Crippen molar-refractivity contribution >= 4 is 23.3 Å². The number of aromatic nitrogens is 3. The maximum atomic E-state index is 14.7. The normalized spacial score (nSPS) is 20.2. The predicted molar refractivity (Wildman–Crippen MR) is 101 cm³/mol. The highest BCUT2D eigenvalue weighted by Crippen LogP contribution is 2.43. The van der Waals surface area contributed by atoms with E-state index in [2.05, 4.69) is 10.1 Å². The molecular formula is C20H16F2N4OS. The van der Waals surface area contributed by atoms with Crippen LogP contribution < -0.4 is 0 Å². The highest BCUT2D eigenvalue weighted by molar-refractivity contribution is 7.15. The number of nitrogens with zero attached hydrogens (tertiary/aromatic N) is 4. The van der Waals surface area contributed by atoms with Crippen LogP contribution in [0.15, 0.2) is 23.2 Å². The molecule has 2 atom stereocenters. The zero-order valence-corrected chi connectivity index (χ0v) is 16.1. The summed E-state index contributed by atoms with van der Waals surface area (Å²) in [6.45, 7) is 3.64. The lowest BCUT2D eigenvalue weighted by atomic mass is 9.97. The summed E-state index contributed by atoms with van der Waals surface area (Å²) < 4.78 is 31.1. The maximum Gasteiger partial charge on any atom is 0.157 e. The van der Waals surface area contributed by atoms with E-state index in [4.69, 9.17) is 4.99 Å². The highest BCUT2D eigenvalue weighted by Gasteiger charge is 2.36. The molecule has 5 rings (SSSR count). The quantitative estimate of drug-likeness (QED) is 0.618. The molecule has 0 fully saturated rings. The van der Waals surface area contributed by atoms with Gasteiger partial charge in [-0.05, 0) is 44.4 Å². The van der Waals surface area contributed by atoms with Crippen LogP contribution in [-0.2, 0) is 17.6 Å². The van der Waals surface area contributed by atoms with E-state index in [-0.39, 0.29) is 17.2 Å². The summed E-state index contributed by atoms with van der Waals surface area (Å²) in [4.78, 5) is 21.6. The van der Waals surface area contributed by atoms with Crippen molar-refractivity contribution in [1.29, 1.82) is 0 Å². The van der Waals surface area contributed by atoms with E-state index >= 15 is 0 Å². The molecule has 1 aliphatic heterocycles. The van der Waals surface area contributed by atoms with Crippen molar-refractivity contribution in [3.8, 4) is 5.00 Å². The molecular weight excluding hydrogens is 382 g/mol. The summed E-state index contributed by atoms with van der Waals surface area (Å²) in [5.74, 6) is -0.188. The van der Waals surface area contributed by atoms with E-state index in [0.717, 1.165) is 21.7 Å². The van der Waals surface area contributed by atoms with Crippen LogP contribution in [0.1, 0.15) is 46.2 Å². The van der Waals surface area contributed by atoms with Crippen molar-refractivity contribution in [3.63, 3.8) is 0 Å². The van der Waals surface area contributed by atoms with Crippen LogP contribution in [0.5, 0.6) is 0 Å². The maximum absolute atomic E-state index is 14.7. The minimum absolute atomic E-state index is 0.115. The van der Waals surface area contributed by atoms with Crippen molar-refractivity contribution < 1.29 is 13.6 Å². The van der Waals surface area contributed by atoms with Crippen LogP contribution in [-0.4, -0.2) is 26.8 Å². The van der Waals surface area contributed by atoms with Crippen molar-refractivity contribution in [2.45, 2.75) is 32.7 Å². The van der Waals surface area contributed by atoms with E-state index < -0.39 is 17.7 Å². The number of thiophene rings is 1. The third-order valence-corrected chi connectivity index (χ3v) is 6.47. The number of carbonyl (C=O) groups excluding carboxylic acids is 1. The molecule has 28 heavy (non-hydrogen) atoms. The van der Waals surface area contributed by atoms with Gasteiger partial charge in [0.05, 0.1) is 11.3 Å². The number of benzene rings is 1. The van der Waals surface area contributed by atoms with E-state index in [1.165, 1.54) is 29.5 Å². The molecule has 2 aromatic heterocycles. The van der Waals surface area contributed by atoms with Gasteiger partial charge in [0.1, 0.15) is 34.8 Å². The number of hydrogen-bond acceptors (Lipinski definition) is 5. The molecule has 0 radical (unpaired) electrons. The third kappa shape index (κ3) is 2.40. The average molecular weight is 398 g/mol.